The van der Waals surface area contributed by atoms with E-state index in [4.69, 9.17) is 0 Å². The van der Waals surface area contributed by atoms with Gasteiger partial charge in [-0.05, 0) is 6.92 Å². The first-order valence-electron chi connectivity index (χ1n) is 2.72. The number of carbonyl (C=O) groups is 2. The molecule has 0 saturated carbocycles. The third-order valence-electron chi connectivity index (χ3n) is 0.703. The van der Waals surface area contributed by atoms with Gasteiger partial charge in [0.2, 0.25) is 0 Å². The Morgan fingerprint density at radius 3 is 2.50 bits per heavy atom. The largest absolute Gasteiger partial charge is 0.466 e. The van der Waals surface area contributed by atoms with Crippen LogP contribution in [-0.4, -0.2) is 18.5 Å². The van der Waals surface area contributed by atoms with Gasteiger partial charge in [-0.1, -0.05) is 0 Å². The first-order valence-corrected chi connectivity index (χ1v) is 2.72. The molecule has 5 nitrogen and oxygen atoms in total. The van der Waals surface area contributed by atoms with Gasteiger partial charge in [0.1, 0.15) is 6.42 Å². The summed E-state index contributed by atoms with van der Waals surface area (Å²) in [6, 6.07) is 0. The molecule has 0 aromatic rings. The third-order valence-corrected chi connectivity index (χ3v) is 0.703. The number of rotatable bonds is 3. The lowest BCUT2D eigenvalue weighted by Crippen LogP contribution is -2.08. The van der Waals surface area contributed by atoms with Crippen LogP contribution in [0.4, 0.5) is 0 Å². The van der Waals surface area contributed by atoms with E-state index in [0.29, 0.717) is 0 Å². The summed E-state index contributed by atoms with van der Waals surface area (Å²) >= 11 is 0. The summed E-state index contributed by atoms with van der Waals surface area (Å²) in [5.74, 6) is -1.72. The van der Waals surface area contributed by atoms with E-state index in [-0.39, 0.29) is 6.61 Å². The van der Waals surface area contributed by atoms with Gasteiger partial charge in [0, 0.05) is 5.18 Å². The van der Waals surface area contributed by atoms with Crippen LogP contribution in [0, 0.1) is 4.91 Å². The van der Waals surface area contributed by atoms with Gasteiger partial charge in [0.25, 0.3) is 5.91 Å². The maximum absolute atomic E-state index is 10.4. The van der Waals surface area contributed by atoms with Crippen molar-refractivity contribution >= 4 is 11.9 Å². The van der Waals surface area contributed by atoms with E-state index in [2.05, 4.69) is 4.74 Å². The van der Waals surface area contributed by atoms with E-state index in [1.807, 2.05) is 5.18 Å². The molecule has 0 aliphatic carbocycles. The highest BCUT2D eigenvalue weighted by Gasteiger charge is 2.08. The minimum absolute atomic E-state index is 0.199. The molecule has 56 valence electrons. The first-order chi connectivity index (χ1) is 4.70. The molecule has 0 rings (SSSR count). The lowest BCUT2D eigenvalue weighted by atomic mass is 10.4. The van der Waals surface area contributed by atoms with Gasteiger partial charge >= 0.3 is 5.97 Å². The highest BCUT2D eigenvalue weighted by Crippen LogP contribution is 1.88. The second-order valence-corrected chi connectivity index (χ2v) is 1.47. The SMILES string of the molecule is CCOC(=O)CC(=O)N=O. The van der Waals surface area contributed by atoms with Crippen molar-refractivity contribution in [2.45, 2.75) is 13.3 Å². The Labute approximate surface area is 57.3 Å². The van der Waals surface area contributed by atoms with Crippen molar-refractivity contribution in [3.63, 3.8) is 0 Å². The molecular weight excluding hydrogens is 138 g/mol. The van der Waals surface area contributed by atoms with E-state index in [0.717, 1.165) is 0 Å². The van der Waals surface area contributed by atoms with Crippen molar-refractivity contribution in [3.8, 4) is 0 Å². The third kappa shape index (κ3) is 3.71. The van der Waals surface area contributed by atoms with Gasteiger partial charge in [-0.15, -0.1) is 4.91 Å². The van der Waals surface area contributed by atoms with Crippen molar-refractivity contribution in [1.82, 2.24) is 0 Å². The lowest BCUT2D eigenvalue weighted by Gasteiger charge is -1.95. The summed E-state index contributed by atoms with van der Waals surface area (Å²) < 4.78 is 4.36. The fourth-order valence-electron chi connectivity index (χ4n) is 0.368. The molecule has 0 unspecified atom stereocenters. The van der Waals surface area contributed by atoms with Crippen molar-refractivity contribution in [3.05, 3.63) is 4.91 Å². The Bertz CT molecular complexity index is 154. The molecule has 0 fully saturated rings. The zero-order valence-electron chi connectivity index (χ0n) is 5.49. The summed E-state index contributed by atoms with van der Waals surface area (Å²) in [5.41, 5.74) is 0. The number of hydrogen-bond donors (Lipinski definition) is 0. The topological polar surface area (TPSA) is 72.8 Å². The molecule has 0 bridgehead atoms. The molecule has 0 N–H and O–H groups in total. The first kappa shape index (κ1) is 8.74. The second-order valence-electron chi connectivity index (χ2n) is 1.47. The fourth-order valence-corrected chi connectivity index (χ4v) is 0.368. The quantitative estimate of drug-likeness (QED) is 0.323. The number of nitroso groups, excluding NO2 is 1. The van der Waals surface area contributed by atoms with Gasteiger partial charge < -0.3 is 4.74 Å². The molecule has 0 radical (unpaired) electrons. The van der Waals surface area contributed by atoms with Crippen LogP contribution in [0.5, 0.6) is 0 Å². The van der Waals surface area contributed by atoms with E-state index in [9.17, 15) is 14.5 Å². The van der Waals surface area contributed by atoms with E-state index < -0.39 is 18.3 Å². The number of nitrogens with zero attached hydrogens (tertiary/aromatic N) is 1. The Kier molecular flexibility index (Phi) is 4.02. The van der Waals surface area contributed by atoms with E-state index in [1.54, 1.807) is 6.92 Å². The molecule has 0 heterocycles. The minimum atomic E-state index is -1.00. The summed E-state index contributed by atoms with van der Waals surface area (Å²) in [7, 11) is 0. The van der Waals surface area contributed by atoms with Crippen LogP contribution < -0.4 is 0 Å². The maximum Gasteiger partial charge on any atom is 0.315 e. The average Bonchev–Trinajstić information content (AvgIpc) is 1.88. The normalized spacial score (nSPS) is 8.50. The monoisotopic (exact) mass is 145 g/mol. The number of carbonyl (C=O) groups excluding carboxylic acids is 2. The lowest BCUT2D eigenvalue weighted by molar-refractivity contribution is -0.145. The van der Waals surface area contributed by atoms with Gasteiger partial charge in [0.15, 0.2) is 0 Å². The smallest absolute Gasteiger partial charge is 0.315 e. The average molecular weight is 145 g/mol. The molecule has 0 spiro atoms. The molecule has 5 heteroatoms. The molecule has 1 amide bonds. The predicted molar refractivity (Wildman–Crippen MR) is 32.1 cm³/mol. The van der Waals surface area contributed by atoms with Gasteiger partial charge in [-0.2, -0.15) is 0 Å². The molecular formula is C5H7NO4. The van der Waals surface area contributed by atoms with Crippen LogP contribution in [0.2, 0.25) is 0 Å². The Morgan fingerprint density at radius 1 is 1.50 bits per heavy atom. The van der Waals surface area contributed by atoms with Crippen LogP contribution in [0.15, 0.2) is 5.18 Å². The van der Waals surface area contributed by atoms with Crippen molar-refractivity contribution in [1.29, 1.82) is 0 Å². The second kappa shape index (κ2) is 4.60. The van der Waals surface area contributed by atoms with Gasteiger partial charge in [0.05, 0.1) is 6.61 Å². The standard InChI is InChI=1S/C5H7NO4/c1-2-10-5(8)3-4(7)6-9/h2-3H2,1H3. The Morgan fingerprint density at radius 2 is 2.10 bits per heavy atom. The van der Waals surface area contributed by atoms with Crippen molar-refractivity contribution in [2.24, 2.45) is 5.18 Å². The molecule has 0 atom stereocenters. The molecule has 10 heavy (non-hydrogen) atoms. The summed E-state index contributed by atoms with van der Waals surface area (Å²) in [5, 5.41) is 2.02. The van der Waals surface area contributed by atoms with Crippen LogP contribution in [-0.2, 0) is 14.3 Å². The minimum Gasteiger partial charge on any atom is -0.466 e. The van der Waals surface area contributed by atoms with Crippen LogP contribution in [0.1, 0.15) is 13.3 Å². The van der Waals surface area contributed by atoms with Crippen molar-refractivity contribution < 1.29 is 14.3 Å². The Balaban J connectivity index is 3.57. The number of ether oxygens (including phenoxy) is 1. The van der Waals surface area contributed by atoms with Crippen molar-refractivity contribution in [2.75, 3.05) is 6.61 Å². The van der Waals surface area contributed by atoms with E-state index >= 15 is 0 Å². The molecule has 0 aliphatic rings. The zero-order valence-corrected chi connectivity index (χ0v) is 5.49. The van der Waals surface area contributed by atoms with E-state index in [1.165, 1.54) is 0 Å². The highest BCUT2D eigenvalue weighted by atomic mass is 16.5. The highest BCUT2D eigenvalue weighted by molar-refractivity contribution is 5.94. The Hall–Kier alpha value is -1.26. The molecule has 0 saturated heterocycles. The van der Waals surface area contributed by atoms with Crippen LogP contribution in [0.25, 0.3) is 0 Å². The number of hydrogen-bond acceptors (Lipinski definition) is 4. The van der Waals surface area contributed by atoms with Gasteiger partial charge in [-0.3, -0.25) is 9.59 Å². The summed E-state index contributed by atoms with van der Waals surface area (Å²) in [4.78, 5) is 29.9. The summed E-state index contributed by atoms with van der Waals surface area (Å²) in [6.07, 6.45) is -0.558. The van der Waals surface area contributed by atoms with Crippen LogP contribution in [0.3, 0.4) is 0 Å². The summed E-state index contributed by atoms with van der Waals surface area (Å²) in [6.45, 7) is 1.81. The maximum atomic E-state index is 10.4. The number of esters is 1. The number of amides is 1. The molecule has 0 aliphatic heterocycles. The van der Waals surface area contributed by atoms with Gasteiger partial charge in [-0.25, -0.2) is 0 Å². The molecule has 0 aromatic heterocycles. The predicted octanol–water partition coefficient (Wildman–Crippen LogP) is 0.233. The fraction of sp³-hybridized carbons (Fsp3) is 0.600. The zero-order chi connectivity index (χ0) is 7.98. The molecule has 0 aromatic carbocycles. The van der Waals surface area contributed by atoms with Crippen LogP contribution >= 0.6 is 0 Å².